The van der Waals surface area contributed by atoms with Gasteiger partial charge in [0.2, 0.25) is 0 Å². The van der Waals surface area contributed by atoms with E-state index in [1.54, 1.807) is 13.0 Å². The molecule has 0 spiro atoms. The zero-order chi connectivity index (χ0) is 21.3. The lowest BCUT2D eigenvalue weighted by Gasteiger charge is -2.24. The van der Waals surface area contributed by atoms with E-state index in [2.05, 4.69) is 5.32 Å². The van der Waals surface area contributed by atoms with Crippen LogP contribution < -0.4 is 10.1 Å². The predicted octanol–water partition coefficient (Wildman–Crippen LogP) is 3.36. The van der Waals surface area contributed by atoms with Gasteiger partial charge in [-0.15, -0.1) is 0 Å². The number of nitrogens with one attached hydrogen (secondary N) is 1. The Morgan fingerprint density at radius 3 is 2.60 bits per heavy atom. The van der Waals surface area contributed by atoms with Gasteiger partial charge >= 0.3 is 6.03 Å². The highest BCUT2D eigenvalue weighted by molar-refractivity contribution is 6.09. The van der Waals surface area contributed by atoms with E-state index in [1.807, 2.05) is 67.6 Å². The molecule has 1 fully saturated rings. The van der Waals surface area contributed by atoms with Gasteiger partial charge in [0.15, 0.2) is 0 Å². The number of benzene rings is 3. The number of urea groups is 1. The van der Waals surface area contributed by atoms with Crippen molar-refractivity contribution in [1.82, 2.24) is 10.2 Å². The van der Waals surface area contributed by atoms with Crippen LogP contribution in [0.15, 0.2) is 66.7 Å². The SMILES string of the molecule is Cc1cccc(OC[C@H](O)CN2C(=O)N[C@](C)(c3cccc4ccccc34)C2=O)c1. The van der Waals surface area contributed by atoms with Crippen molar-refractivity contribution in [2.75, 3.05) is 13.2 Å². The molecular weight excluding hydrogens is 380 g/mol. The normalized spacial score (nSPS) is 19.8. The van der Waals surface area contributed by atoms with Crippen molar-refractivity contribution in [3.05, 3.63) is 77.9 Å². The van der Waals surface area contributed by atoms with E-state index in [0.717, 1.165) is 26.8 Å². The summed E-state index contributed by atoms with van der Waals surface area (Å²) in [7, 11) is 0. The average molecular weight is 404 g/mol. The monoisotopic (exact) mass is 404 g/mol. The molecule has 3 aromatic rings. The number of carbonyl (C=O) groups is 2. The lowest BCUT2D eigenvalue weighted by Crippen LogP contribution is -2.43. The molecule has 0 radical (unpaired) electrons. The fraction of sp³-hybridized carbons (Fsp3) is 0.250. The Bertz CT molecular complexity index is 1110. The first-order valence-electron chi connectivity index (χ1n) is 9.88. The first-order chi connectivity index (χ1) is 14.4. The average Bonchev–Trinajstić information content (AvgIpc) is 2.95. The number of ether oxygens (including phenoxy) is 1. The van der Waals surface area contributed by atoms with E-state index < -0.39 is 23.6 Å². The maximum Gasteiger partial charge on any atom is 0.325 e. The van der Waals surface area contributed by atoms with Gasteiger partial charge in [-0.05, 0) is 47.9 Å². The Hall–Kier alpha value is -3.38. The molecule has 6 heteroatoms. The van der Waals surface area contributed by atoms with Gasteiger partial charge in [-0.3, -0.25) is 9.69 Å². The maximum absolute atomic E-state index is 13.2. The molecule has 0 unspecified atom stereocenters. The Balaban J connectivity index is 1.51. The number of rotatable bonds is 6. The Morgan fingerprint density at radius 1 is 1.07 bits per heavy atom. The van der Waals surface area contributed by atoms with Crippen LogP contribution >= 0.6 is 0 Å². The van der Waals surface area contributed by atoms with Crippen molar-refractivity contribution in [1.29, 1.82) is 0 Å². The van der Waals surface area contributed by atoms with E-state index in [0.29, 0.717) is 5.75 Å². The molecule has 2 N–H and O–H groups in total. The Labute approximate surface area is 175 Å². The molecule has 6 nitrogen and oxygen atoms in total. The minimum atomic E-state index is -1.20. The topological polar surface area (TPSA) is 78.9 Å². The molecule has 3 amide bonds. The van der Waals surface area contributed by atoms with E-state index >= 15 is 0 Å². The summed E-state index contributed by atoms with van der Waals surface area (Å²) < 4.78 is 5.60. The van der Waals surface area contributed by atoms with Gasteiger partial charge in [0.1, 0.15) is 24.0 Å². The predicted molar refractivity (Wildman–Crippen MR) is 114 cm³/mol. The summed E-state index contributed by atoms with van der Waals surface area (Å²) in [5.74, 6) is 0.241. The molecule has 4 rings (SSSR count). The standard InChI is InChI=1S/C24H24N2O4/c1-16-7-5-10-19(13-16)30-15-18(27)14-26-22(28)24(2,25-23(26)29)21-12-6-9-17-8-3-4-11-20(17)21/h3-13,18,27H,14-15H2,1-2H3,(H,25,29)/t18-,24-/m1/s1. The maximum atomic E-state index is 13.2. The molecule has 1 heterocycles. The fourth-order valence-electron chi connectivity index (χ4n) is 3.87. The third kappa shape index (κ3) is 3.62. The molecule has 1 aliphatic heterocycles. The summed E-state index contributed by atoms with van der Waals surface area (Å²) in [6.07, 6.45) is -1.00. The van der Waals surface area contributed by atoms with Crippen LogP contribution in [0.2, 0.25) is 0 Å². The number of aliphatic hydroxyl groups excluding tert-OH is 1. The molecule has 154 valence electrons. The zero-order valence-electron chi connectivity index (χ0n) is 17.0. The number of hydrogen-bond donors (Lipinski definition) is 2. The first kappa shape index (κ1) is 19.9. The number of aryl methyl sites for hydroxylation is 1. The second kappa shape index (κ2) is 7.80. The van der Waals surface area contributed by atoms with Gasteiger partial charge < -0.3 is 15.2 Å². The summed E-state index contributed by atoms with van der Waals surface area (Å²) in [5, 5.41) is 15.1. The van der Waals surface area contributed by atoms with E-state index in [9.17, 15) is 14.7 Å². The Morgan fingerprint density at radius 2 is 1.80 bits per heavy atom. The fourth-order valence-corrected chi connectivity index (χ4v) is 3.87. The molecule has 1 saturated heterocycles. The van der Waals surface area contributed by atoms with Crippen LogP contribution in [0, 0.1) is 6.92 Å². The smallest absolute Gasteiger partial charge is 0.325 e. The molecule has 30 heavy (non-hydrogen) atoms. The van der Waals surface area contributed by atoms with Crippen molar-refractivity contribution < 1.29 is 19.4 Å². The summed E-state index contributed by atoms with van der Waals surface area (Å²) in [5.41, 5.74) is 0.573. The van der Waals surface area contributed by atoms with Crippen LogP contribution in [0.25, 0.3) is 10.8 Å². The van der Waals surface area contributed by atoms with Crippen molar-refractivity contribution in [3.63, 3.8) is 0 Å². The zero-order valence-corrected chi connectivity index (χ0v) is 17.0. The number of nitrogens with zero attached hydrogens (tertiary/aromatic N) is 1. The number of aliphatic hydroxyl groups is 1. The van der Waals surface area contributed by atoms with E-state index in [-0.39, 0.29) is 13.2 Å². The van der Waals surface area contributed by atoms with Crippen molar-refractivity contribution in [3.8, 4) is 5.75 Å². The van der Waals surface area contributed by atoms with Gasteiger partial charge in [0.25, 0.3) is 5.91 Å². The highest BCUT2D eigenvalue weighted by Crippen LogP contribution is 2.33. The van der Waals surface area contributed by atoms with Gasteiger partial charge in [0.05, 0.1) is 6.54 Å². The second-order valence-electron chi connectivity index (χ2n) is 7.78. The van der Waals surface area contributed by atoms with Crippen LogP contribution in [-0.4, -0.2) is 41.2 Å². The van der Waals surface area contributed by atoms with Gasteiger partial charge in [0, 0.05) is 0 Å². The van der Waals surface area contributed by atoms with E-state index in [1.165, 1.54) is 0 Å². The van der Waals surface area contributed by atoms with Crippen LogP contribution in [0.1, 0.15) is 18.1 Å². The highest BCUT2D eigenvalue weighted by Gasteiger charge is 2.49. The minimum absolute atomic E-state index is 0.0223. The quantitative estimate of drug-likeness (QED) is 0.618. The number of β-amino-alcohol motifs (C(OH)–C–C–N with tert-alkyl or cyclic N) is 1. The number of hydrogen-bond acceptors (Lipinski definition) is 4. The largest absolute Gasteiger partial charge is 0.491 e. The summed E-state index contributed by atoms with van der Waals surface area (Å²) >= 11 is 0. The minimum Gasteiger partial charge on any atom is -0.491 e. The Kier molecular flexibility index (Phi) is 5.18. The molecule has 0 aliphatic carbocycles. The lowest BCUT2D eigenvalue weighted by atomic mass is 9.88. The molecule has 1 aliphatic rings. The van der Waals surface area contributed by atoms with Gasteiger partial charge in [-0.1, -0.05) is 54.6 Å². The third-order valence-electron chi connectivity index (χ3n) is 5.43. The van der Waals surface area contributed by atoms with Crippen LogP contribution in [0.4, 0.5) is 4.79 Å². The molecular formula is C24H24N2O4. The first-order valence-corrected chi connectivity index (χ1v) is 9.88. The van der Waals surface area contributed by atoms with Gasteiger partial charge in [-0.25, -0.2) is 4.79 Å². The van der Waals surface area contributed by atoms with E-state index in [4.69, 9.17) is 4.74 Å². The van der Waals surface area contributed by atoms with Crippen LogP contribution in [-0.2, 0) is 10.3 Å². The third-order valence-corrected chi connectivity index (χ3v) is 5.43. The van der Waals surface area contributed by atoms with Crippen LogP contribution in [0.3, 0.4) is 0 Å². The van der Waals surface area contributed by atoms with Gasteiger partial charge in [-0.2, -0.15) is 0 Å². The summed E-state index contributed by atoms with van der Waals surface area (Å²) in [4.78, 5) is 26.9. The summed E-state index contributed by atoms with van der Waals surface area (Å²) in [6.45, 7) is 3.48. The number of amides is 3. The molecule has 0 saturated carbocycles. The molecule has 2 atom stereocenters. The summed E-state index contributed by atoms with van der Waals surface area (Å²) in [6, 6.07) is 20.4. The molecule has 0 bridgehead atoms. The number of carbonyl (C=O) groups excluding carboxylic acids is 2. The van der Waals surface area contributed by atoms with Crippen molar-refractivity contribution in [2.24, 2.45) is 0 Å². The second-order valence-corrected chi connectivity index (χ2v) is 7.78. The highest BCUT2D eigenvalue weighted by atomic mass is 16.5. The molecule has 3 aromatic carbocycles. The number of imide groups is 1. The lowest BCUT2D eigenvalue weighted by molar-refractivity contribution is -0.132. The van der Waals surface area contributed by atoms with Crippen LogP contribution in [0.5, 0.6) is 5.75 Å². The van der Waals surface area contributed by atoms with Crippen molar-refractivity contribution >= 4 is 22.7 Å². The number of fused-ring (bicyclic) bond motifs is 1. The van der Waals surface area contributed by atoms with Crippen molar-refractivity contribution in [2.45, 2.75) is 25.5 Å². The molecule has 0 aromatic heterocycles.